The second-order valence-electron chi connectivity index (χ2n) is 4.75. The summed E-state index contributed by atoms with van der Waals surface area (Å²) in [5.41, 5.74) is 1.42. The van der Waals surface area contributed by atoms with Crippen LogP contribution in [0.3, 0.4) is 0 Å². The second-order valence-corrected chi connectivity index (χ2v) is 5.19. The largest absolute Gasteiger partial charge is 0.350 e. The van der Waals surface area contributed by atoms with Crippen molar-refractivity contribution < 1.29 is 9.32 Å². The van der Waals surface area contributed by atoms with E-state index in [1.54, 1.807) is 18.2 Å². The summed E-state index contributed by atoms with van der Waals surface area (Å²) in [6.45, 7) is 1.72. The zero-order valence-corrected chi connectivity index (χ0v) is 11.5. The summed E-state index contributed by atoms with van der Waals surface area (Å²) in [5, 5.41) is 10.6. The quantitative estimate of drug-likeness (QED) is 0.909. The molecular weight excluding hydrogens is 278 g/mol. The Bertz CT molecular complexity index is 620. The number of hydrogen-bond acceptors (Lipinski definition) is 4. The van der Waals surface area contributed by atoms with Crippen LogP contribution in [0, 0.1) is 0 Å². The maximum Gasteiger partial charge on any atom is 0.290 e. The van der Waals surface area contributed by atoms with Crippen molar-refractivity contribution in [1.82, 2.24) is 15.8 Å². The molecule has 3 rings (SSSR count). The summed E-state index contributed by atoms with van der Waals surface area (Å²) < 4.78 is 5.11. The highest BCUT2D eigenvalue weighted by Crippen LogP contribution is 2.22. The fourth-order valence-electron chi connectivity index (χ4n) is 2.20. The monoisotopic (exact) mass is 291 g/mol. The predicted octanol–water partition coefficient (Wildman–Crippen LogP) is 2.09. The van der Waals surface area contributed by atoms with E-state index >= 15 is 0 Å². The summed E-state index contributed by atoms with van der Waals surface area (Å²) in [6, 6.07) is 9.04. The van der Waals surface area contributed by atoms with E-state index in [1.165, 1.54) is 0 Å². The molecule has 2 N–H and O–H groups in total. The Morgan fingerprint density at radius 2 is 2.35 bits per heavy atom. The lowest BCUT2D eigenvalue weighted by Crippen LogP contribution is -2.35. The van der Waals surface area contributed by atoms with Gasteiger partial charge in [-0.1, -0.05) is 28.9 Å². The van der Waals surface area contributed by atoms with Crippen LogP contribution in [0.1, 0.15) is 17.0 Å². The van der Waals surface area contributed by atoms with Crippen LogP contribution in [0.15, 0.2) is 34.9 Å². The van der Waals surface area contributed by atoms with Gasteiger partial charge in [-0.25, -0.2) is 0 Å². The van der Waals surface area contributed by atoms with E-state index in [9.17, 15) is 4.79 Å². The van der Waals surface area contributed by atoms with E-state index in [1.807, 2.05) is 12.1 Å². The first-order valence-corrected chi connectivity index (χ1v) is 6.84. The van der Waals surface area contributed by atoms with Crippen LogP contribution in [-0.2, 0) is 0 Å². The standard InChI is InChI=1S/C14H14ClN3O2/c15-10-3-1-2-9(6-10)12-7-13(20-18-12)14(19)17-11-4-5-16-8-11/h1-3,6-7,11,16H,4-5,8H2,(H,17,19). The van der Waals surface area contributed by atoms with Crippen molar-refractivity contribution in [3.05, 3.63) is 41.1 Å². The number of hydrogen-bond donors (Lipinski definition) is 2. The molecule has 1 aromatic heterocycles. The molecule has 2 heterocycles. The molecule has 20 heavy (non-hydrogen) atoms. The lowest BCUT2D eigenvalue weighted by molar-refractivity contribution is 0.0903. The molecule has 1 amide bonds. The van der Waals surface area contributed by atoms with Gasteiger partial charge in [0.25, 0.3) is 5.91 Å². The van der Waals surface area contributed by atoms with Crippen molar-refractivity contribution in [2.24, 2.45) is 0 Å². The number of carbonyl (C=O) groups is 1. The number of benzene rings is 1. The first-order chi connectivity index (χ1) is 9.72. The van der Waals surface area contributed by atoms with Gasteiger partial charge in [0.15, 0.2) is 0 Å². The molecule has 6 heteroatoms. The molecule has 5 nitrogen and oxygen atoms in total. The topological polar surface area (TPSA) is 67.2 Å². The first-order valence-electron chi connectivity index (χ1n) is 6.46. The molecular formula is C14H14ClN3O2. The summed E-state index contributed by atoms with van der Waals surface area (Å²) in [7, 11) is 0. The Kier molecular flexibility index (Phi) is 3.71. The number of aromatic nitrogens is 1. The number of nitrogens with zero attached hydrogens (tertiary/aromatic N) is 1. The summed E-state index contributed by atoms with van der Waals surface area (Å²) in [5.74, 6) is -0.0219. The summed E-state index contributed by atoms with van der Waals surface area (Å²) >= 11 is 5.93. The summed E-state index contributed by atoms with van der Waals surface area (Å²) in [6.07, 6.45) is 0.932. The third-order valence-electron chi connectivity index (χ3n) is 3.25. The molecule has 0 aliphatic carbocycles. The molecule has 1 aliphatic rings. The lowest BCUT2D eigenvalue weighted by Gasteiger charge is -2.08. The zero-order chi connectivity index (χ0) is 13.9. The maximum atomic E-state index is 12.0. The molecule has 1 fully saturated rings. The SMILES string of the molecule is O=C(NC1CCNC1)c1cc(-c2cccc(Cl)c2)no1. The van der Waals surface area contributed by atoms with Gasteiger partial charge < -0.3 is 15.2 Å². The lowest BCUT2D eigenvalue weighted by atomic mass is 10.1. The van der Waals surface area contributed by atoms with E-state index in [4.69, 9.17) is 16.1 Å². The molecule has 1 aliphatic heterocycles. The van der Waals surface area contributed by atoms with Crippen molar-refractivity contribution >= 4 is 17.5 Å². The van der Waals surface area contributed by atoms with E-state index in [0.717, 1.165) is 25.1 Å². The molecule has 0 bridgehead atoms. The zero-order valence-electron chi connectivity index (χ0n) is 10.7. The molecule has 0 spiro atoms. The van der Waals surface area contributed by atoms with Gasteiger partial charge >= 0.3 is 0 Å². The fraction of sp³-hybridized carbons (Fsp3) is 0.286. The Hall–Kier alpha value is -1.85. The van der Waals surface area contributed by atoms with Crippen LogP contribution in [0.2, 0.25) is 5.02 Å². The van der Waals surface area contributed by atoms with Crippen molar-refractivity contribution in [3.8, 4) is 11.3 Å². The van der Waals surface area contributed by atoms with E-state index in [-0.39, 0.29) is 17.7 Å². The number of carbonyl (C=O) groups excluding carboxylic acids is 1. The third-order valence-corrected chi connectivity index (χ3v) is 3.48. The molecule has 1 unspecified atom stereocenters. The van der Waals surface area contributed by atoms with Crippen molar-refractivity contribution in [2.75, 3.05) is 13.1 Å². The Morgan fingerprint density at radius 3 is 3.10 bits per heavy atom. The van der Waals surface area contributed by atoms with Crippen LogP contribution in [0.25, 0.3) is 11.3 Å². The average Bonchev–Trinajstić information content (AvgIpc) is 3.09. The minimum absolute atomic E-state index is 0.155. The van der Waals surface area contributed by atoms with Crippen molar-refractivity contribution in [2.45, 2.75) is 12.5 Å². The Balaban J connectivity index is 1.74. The highest BCUT2D eigenvalue weighted by molar-refractivity contribution is 6.30. The van der Waals surface area contributed by atoms with Gasteiger partial charge in [-0.15, -0.1) is 0 Å². The van der Waals surface area contributed by atoms with Crippen LogP contribution in [0.5, 0.6) is 0 Å². The number of halogens is 1. The molecule has 2 aromatic rings. The first kappa shape index (κ1) is 13.1. The number of nitrogens with one attached hydrogen (secondary N) is 2. The maximum absolute atomic E-state index is 12.0. The van der Waals surface area contributed by atoms with E-state index in [2.05, 4.69) is 15.8 Å². The minimum Gasteiger partial charge on any atom is -0.350 e. The Labute approximate surface area is 121 Å². The Morgan fingerprint density at radius 1 is 1.45 bits per heavy atom. The molecule has 104 valence electrons. The molecule has 0 saturated carbocycles. The van der Waals surface area contributed by atoms with Crippen LogP contribution >= 0.6 is 11.6 Å². The number of amides is 1. The second kappa shape index (κ2) is 5.64. The van der Waals surface area contributed by atoms with Gasteiger partial charge in [0.05, 0.1) is 0 Å². The molecule has 1 atom stereocenters. The number of rotatable bonds is 3. The van der Waals surface area contributed by atoms with E-state index < -0.39 is 0 Å². The van der Waals surface area contributed by atoms with Gasteiger partial charge in [0.2, 0.25) is 5.76 Å². The predicted molar refractivity (Wildman–Crippen MR) is 75.7 cm³/mol. The minimum atomic E-state index is -0.237. The molecule has 1 aromatic carbocycles. The van der Waals surface area contributed by atoms with Gasteiger partial charge in [-0.05, 0) is 25.1 Å². The van der Waals surface area contributed by atoms with Crippen molar-refractivity contribution in [3.63, 3.8) is 0 Å². The average molecular weight is 292 g/mol. The van der Waals surface area contributed by atoms with Crippen LogP contribution < -0.4 is 10.6 Å². The van der Waals surface area contributed by atoms with Crippen molar-refractivity contribution in [1.29, 1.82) is 0 Å². The molecule has 1 saturated heterocycles. The molecule has 0 radical (unpaired) electrons. The van der Waals surface area contributed by atoms with Crippen LogP contribution in [-0.4, -0.2) is 30.2 Å². The third kappa shape index (κ3) is 2.84. The smallest absolute Gasteiger partial charge is 0.290 e. The van der Waals surface area contributed by atoms with E-state index in [0.29, 0.717) is 10.7 Å². The summed E-state index contributed by atoms with van der Waals surface area (Å²) in [4.78, 5) is 12.0. The van der Waals surface area contributed by atoms with Crippen LogP contribution in [0.4, 0.5) is 0 Å². The normalized spacial score (nSPS) is 18.1. The van der Waals surface area contributed by atoms with Gasteiger partial charge in [-0.3, -0.25) is 4.79 Å². The fourth-order valence-corrected chi connectivity index (χ4v) is 2.39. The van der Waals surface area contributed by atoms with Gasteiger partial charge in [0.1, 0.15) is 5.69 Å². The highest BCUT2D eigenvalue weighted by atomic mass is 35.5. The highest BCUT2D eigenvalue weighted by Gasteiger charge is 2.20. The van der Waals surface area contributed by atoms with Gasteiger partial charge in [0, 0.05) is 29.2 Å². The van der Waals surface area contributed by atoms with Gasteiger partial charge in [-0.2, -0.15) is 0 Å².